The van der Waals surface area contributed by atoms with Crippen LogP contribution in [-0.2, 0) is 6.42 Å². The van der Waals surface area contributed by atoms with Gasteiger partial charge in [0.2, 0.25) is 0 Å². The van der Waals surface area contributed by atoms with Crippen molar-refractivity contribution >= 4 is 0 Å². The Labute approximate surface area is 122 Å². The first-order valence-corrected chi connectivity index (χ1v) is 8.17. The fourth-order valence-electron chi connectivity index (χ4n) is 3.07. The van der Waals surface area contributed by atoms with Gasteiger partial charge in [0.25, 0.3) is 0 Å². The predicted octanol–water partition coefficient (Wildman–Crippen LogP) is 2.63. The second-order valence-corrected chi connectivity index (χ2v) is 5.90. The molecule has 4 nitrogen and oxygen atoms in total. The SMILES string of the molecule is CCN(CC)CCC(O)Cc1ccn(C2CCCC2)n1. The van der Waals surface area contributed by atoms with Crippen LogP contribution < -0.4 is 0 Å². The summed E-state index contributed by atoms with van der Waals surface area (Å²) in [5.41, 5.74) is 1.03. The number of nitrogens with zero attached hydrogens (tertiary/aromatic N) is 3. The van der Waals surface area contributed by atoms with Gasteiger partial charge in [0.05, 0.1) is 17.8 Å². The Morgan fingerprint density at radius 3 is 2.70 bits per heavy atom. The van der Waals surface area contributed by atoms with Gasteiger partial charge in [-0.15, -0.1) is 0 Å². The van der Waals surface area contributed by atoms with Crippen molar-refractivity contribution in [3.63, 3.8) is 0 Å². The number of aliphatic hydroxyl groups is 1. The van der Waals surface area contributed by atoms with Crippen LogP contribution in [0.15, 0.2) is 12.3 Å². The molecule has 1 aromatic heterocycles. The molecule has 1 atom stereocenters. The third-order valence-corrected chi connectivity index (χ3v) is 4.48. The summed E-state index contributed by atoms with van der Waals surface area (Å²) < 4.78 is 2.11. The Hall–Kier alpha value is -0.870. The molecule has 20 heavy (non-hydrogen) atoms. The van der Waals surface area contributed by atoms with Crippen LogP contribution in [0.25, 0.3) is 0 Å². The van der Waals surface area contributed by atoms with E-state index >= 15 is 0 Å². The molecule has 114 valence electrons. The van der Waals surface area contributed by atoms with Crippen molar-refractivity contribution in [1.29, 1.82) is 0 Å². The van der Waals surface area contributed by atoms with Gasteiger partial charge in [0.15, 0.2) is 0 Å². The van der Waals surface area contributed by atoms with E-state index in [0.29, 0.717) is 12.5 Å². The zero-order valence-corrected chi connectivity index (χ0v) is 13.0. The van der Waals surface area contributed by atoms with Crippen molar-refractivity contribution in [2.75, 3.05) is 19.6 Å². The Balaban J connectivity index is 1.77. The molecule has 0 radical (unpaired) electrons. The molecule has 1 saturated carbocycles. The van der Waals surface area contributed by atoms with Crippen LogP contribution in [0.4, 0.5) is 0 Å². The van der Waals surface area contributed by atoms with Crippen LogP contribution in [0.2, 0.25) is 0 Å². The average molecular weight is 279 g/mol. The zero-order chi connectivity index (χ0) is 14.4. The van der Waals surface area contributed by atoms with Crippen LogP contribution in [0.3, 0.4) is 0 Å². The number of aromatic nitrogens is 2. The molecular formula is C16H29N3O. The third-order valence-electron chi connectivity index (χ3n) is 4.48. The average Bonchev–Trinajstić information content (AvgIpc) is 3.10. The summed E-state index contributed by atoms with van der Waals surface area (Å²) in [5, 5.41) is 14.8. The van der Waals surface area contributed by atoms with Crippen molar-refractivity contribution in [2.24, 2.45) is 0 Å². The molecule has 1 aliphatic rings. The number of aliphatic hydroxyl groups excluding tert-OH is 1. The van der Waals surface area contributed by atoms with E-state index < -0.39 is 0 Å². The summed E-state index contributed by atoms with van der Waals surface area (Å²) in [5.74, 6) is 0. The highest BCUT2D eigenvalue weighted by Crippen LogP contribution is 2.28. The summed E-state index contributed by atoms with van der Waals surface area (Å²) in [6.45, 7) is 7.41. The minimum Gasteiger partial charge on any atom is -0.393 e. The molecule has 1 aliphatic carbocycles. The molecule has 1 unspecified atom stereocenters. The minimum absolute atomic E-state index is 0.275. The van der Waals surface area contributed by atoms with E-state index in [-0.39, 0.29) is 6.10 Å². The summed E-state index contributed by atoms with van der Waals surface area (Å²) in [6.07, 6.45) is 8.49. The lowest BCUT2D eigenvalue weighted by Gasteiger charge is -2.19. The quantitative estimate of drug-likeness (QED) is 0.795. The van der Waals surface area contributed by atoms with Gasteiger partial charge in [0.1, 0.15) is 0 Å². The van der Waals surface area contributed by atoms with E-state index in [9.17, 15) is 5.11 Å². The molecule has 0 aromatic carbocycles. The van der Waals surface area contributed by atoms with Crippen molar-refractivity contribution < 1.29 is 5.11 Å². The molecule has 2 rings (SSSR count). The largest absolute Gasteiger partial charge is 0.393 e. The highest BCUT2D eigenvalue weighted by atomic mass is 16.3. The molecule has 1 heterocycles. The van der Waals surface area contributed by atoms with E-state index in [0.717, 1.165) is 31.7 Å². The Morgan fingerprint density at radius 1 is 1.35 bits per heavy atom. The van der Waals surface area contributed by atoms with Gasteiger partial charge in [-0.3, -0.25) is 4.68 Å². The molecule has 1 N–H and O–H groups in total. The summed E-state index contributed by atoms with van der Waals surface area (Å²) >= 11 is 0. The molecule has 0 saturated heterocycles. The highest BCUT2D eigenvalue weighted by Gasteiger charge is 2.18. The van der Waals surface area contributed by atoms with Crippen LogP contribution in [0, 0.1) is 0 Å². The third kappa shape index (κ3) is 4.32. The van der Waals surface area contributed by atoms with E-state index in [1.54, 1.807) is 0 Å². The van der Waals surface area contributed by atoms with Gasteiger partial charge in [0, 0.05) is 19.2 Å². The van der Waals surface area contributed by atoms with Crippen molar-refractivity contribution in [2.45, 2.75) is 64.5 Å². The van der Waals surface area contributed by atoms with Gasteiger partial charge in [-0.1, -0.05) is 26.7 Å². The minimum atomic E-state index is -0.275. The molecule has 1 aromatic rings. The standard InChI is InChI=1S/C16H29N3O/c1-3-18(4-2)11-10-16(20)13-14-9-12-19(17-14)15-7-5-6-8-15/h9,12,15-16,20H,3-8,10-11,13H2,1-2H3. The molecule has 1 fully saturated rings. The van der Waals surface area contributed by atoms with Crippen molar-refractivity contribution in [1.82, 2.24) is 14.7 Å². The summed E-state index contributed by atoms with van der Waals surface area (Å²) in [6, 6.07) is 2.66. The van der Waals surface area contributed by atoms with Gasteiger partial charge in [-0.05, 0) is 38.4 Å². The maximum atomic E-state index is 10.1. The maximum absolute atomic E-state index is 10.1. The molecule has 0 aliphatic heterocycles. The van der Waals surface area contributed by atoms with Gasteiger partial charge >= 0.3 is 0 Å². The van der Waals surface area contributed by atoms with Crippen LogP contribution in [0.5, 0.6) is 0 Å². The van der Waals surface area contributed by atoms with Crippen LogP contribution >= 0.6 is 0 Å². The smallest absolute Gasteiger partial charge is 0.0650 e. The fraction of sp³-hybridized carbons (Fsp3) is 0.812. The van der Waals surface area contributed by atoms with Crippen LogP contribution in [-0.4, -0.2) is 45.5 Å². The van der Waals surface area contributed by atoms with E-state index in [1.165, 1.54) is 25.7 Å². The topological polar surface area (TPSA) is 41.3 Å². The molecular weight excluding hydrogens is 250 g/mol. The zero-order valence-electron chi connectivity index (χ0n) is 13.0. The Bertz CT molecular complexity index is 381. The predicted molar refractivity (Wildman–Crippen MR) is 81.8 cm³/mol. The van der Waals surface area contributed by atoms with E-state index in [4.69, 9.17) is 0 Å². The second-order valence-electron chi connectivity index (χ2n) is 5.90. The first-order chi connectivity index (χ1) is 9.72. The van der Waals surface area contributed by atoms with Crippen molar-refractivity contribution in [3.8, 4) is 0 Å². The van der Waals surface area contributed by atoms with Gasteiger partial charge in [-0.25, -0.2) is 0 Å². The van der Waals surface area contributed by atoms with E-state index in [1.807, 2.05) is 0 Å². The fourth-order valence-corrected chi connectivity index (χ4v) is 3.07. The lowest BCUT2D eigenvalue weighted by atomic mass is 10.1. The monoisotopic (exact) mass is 279 g/mol. The Kier molecular flexibility index (Phi) is 6.05. The highest BCUT2D eigenvalue weighted by molar-refractivity contribution is 5.01. The van der Waals surface area contributed by atoms with E-state index in [2.05, 4.69) is 40.8 Å². The lowest BCUT2D eigenvalue weighted by molar-refractivity contribution is 0.142. The summed E-state index contributed by atoms with van der Waals surface area (Å²) in [4.78, 5) is 2.35. The maximum Gasteiger partial charge on any atom is 0.0650 e. The second kappa shape index (κ2) is 7.79. The first-order valence-electron chi connectivity index (χ1n) is 8.17. The first kappa shape index (κ1) is 15.5. The summed E-state index contributed by atoms with van der Waals surface area (Å²) in [7, 11) is 0. The molecule has 4 heteroatoms. The van der Waals surface area contributed by atoms with Gasteiger partial charge < -0.3 is 10.0 Å². The normalized spacial score (nSPS) is 18.0. The molecule has 0 bridgehead atoms. The van der Waals surface area contributed by atoms with Crippen LogP contribution in [0.1, 0.15) is 57.7 Å². The lowest BCUT2D eigenvalue weighted by Crippen LogP contribution is -2.27. The van der Waals surface area contributed by atoms with Crippen molar-refractivity contribution in [3.05, 3.63) is 18.0 Å². The van der Waals surface area contributed by atoms with Gasteiger partial charge in [-0.2, -0.15) is 5.10 Å². The molecule has 0 amide bonds. The molecule has 0 spiro atoms. The Morgan fingerprint density at radius 2 is 2.05 bits per heavy atom. The number of rotatable bonds is 8. The number of hydrogen-bond acceptors (Lipinski definition) is 3. The number of hydrogen-bond donors (Lipinski definition) is 1.